The number of carboxylic acids is 1. The predicted molar refractivity (Wildman–Crippen MR) is 86.4 cm³/mol. The zero-order chi connectivity index (χ0) is 15.4. The van der Waals surface area contributed by atoms with Crippen molar-refractivity contribution >= 4 is 11.7 Å². The van der Waals surface area contributed by atoms with Crippen molar-refractivity contribution in [3.05, 3.63) is 29.8 Å². The summed E-state index contributed by atoms with van der Waals surface area (Å²) in [5.41, 5.74) is 2.69. The van der Waals surface area contributed by atoms with Gasteiger partial charge in [0.2, 0.25) is 0 Å². The maximum Gasteiger partial charge on any atom is 0.303 e. The SMILES string of the molecule is O=C(O)CC1CCC(c2ccc(N3CCOCC3)cc2)CC1. The zero-order valence-electron chi connectivity index (χ0n) is 13.0. The molecule has 120 valence electrons. The second-order valence-electron chi connectivity index (χ2n) is 6.51. The Balaban J connectivity index is 1.56. The van der Waals surface area contributed by atoms with Crippen LogP contribution in [-0.2, 0) is 9.53 Å². The third-order valence-electron chi connectivity index (χ3n) is 5.05. The fourth-order valence-corrected chi connectivity index (χ4v) is 3.73. The van der Waals surface area contributed by atoms with E-state index in [2.05, 4.69) is 29.2 Å². The molecule has 1 aliphatic carbocycles. The fourth-order valence-electron chi connectivity index (χ4n) is 3.73. The van der Waals surface area contributed by atoms with Crippen molar-refractivity contribution in [2.45, 2.75) is 38.0 Å². The summed E-state index contributed by atoms with van der Waals surface area (Å²) in [6, 6.07) is 8.97. The highest BCUT2D eigenvalue weighted by molar-refractivity contribution is 5.67. The number of hydrogen-bond acceptors (Lipinski definition) is 3. The first-order chi connectivity index (χ1) is 10.7. The standard InChI is InChI=1S/C18H25NO3/c20-18(21)13-14-1-3-15(4-2-14)16-5-7-17(8-6-16)19-9-11-22-12-10-19/h5-8,14-15H,1-4,9-13H2,(H,20,21). The number of morpholine rings is 1. The fraction of sp³-hybridized carbons (Fsp3) is 0.611. The van der Waals surface area contributed by atoms with E-state index in [-0.39, 0.29) is 0 Å². The van der Waals surface area contributed by atoms with E-state index < -0.39 is 5.97 Å². The molecular formula is C18H25NO3. The number of nitrogens with zero attached hydrogens (tertiary/aromatic N) is 1. The van der Waals surface area contributed by atoms with Crippen molar-refractivity contribution in [1.82, 2.24) is 0 Å². The van der Waals surface area contributed by atoms with Gasteiger partial charge in [-0.3, -0.25) is 4.79 Å². The minimum absolute atomic E-state index is 0.336. The smallest absolute Gasteiger partial charge is 0.303 e. The molecule has 4 heteroatoms. The first-order valence-corrected chi connectivity index (χ1v) is 8.37. The molecule has 0 spiro atoms. The number of rotatable bonds is 4. The summed E-state index contributed by atoms with van der Waals surface area (Å²) in [6.07, 6.45) is 4.66. The summed E-state index contributed by atoms with van der Waals surface area (Å²) >= 11 is 0. The summed E-state index contributed by atoms with van der Waals surface area (Å²) in [7, 11) is 0. The molecule has 1 aromatic rings. The summed E-state index contributed by atoms with van der Waals surface area (Å²) < 4.78 is 5.39. The number of ether oxygens (including phenoxy) is 1. The van der Waals surface area contributed by atoms with Gasteiger partial charge in [-0.2, -0.15) is 0 Å². The molecule has 0 unspecified atom stereocenters. The van der Waals surface area contributed by atoms with Crippen LogP contribution >= 0.6 is 0 Å². The Hall–Kier alpha value is -1.55. The Morgan fingerprint density at radius 2 is 1.73 bits per heavy atom. The van der Waals surface area contributed by atoms with Gasteiger partial charge in [0, 0.05) is 25.2 Å². The van der Waals surface area contributed by atoms with Crippen LogP contribution in [0.4, 0.5) is 5.69 Å². The molecule has 1 N–H and O–H groups in total. The lowest BCUT2D eigenvalue weighted by Gasteiger charge is -2.30. The summed E-state index contributed by atoms with van der Waals surface area (Å²) in [5, 5.41) is 8.89. The van der Waals surface area contributed by atoms with Crippen molar-refractivity contribution in [3.8, 4) is 0 Å². The van der Waals surface area contributed by atoms with Gasteiger partial charge in [0.15, 0.2) is 0 Å². The summed E-state index contributed by atoms with van der Waals surface area (Å²) in [6.45, 7) is 3.57. The van der Waals surface area contributed by atoms with Gasteiger partial charge in [-0.15, -0.1) is 0 Å². The molecule has 0 aromatic heterocycles. The molecule has 4 nitrogen and oxygen atoms in total. The molecule has 22 heavy (non-hydrogen) atoms. The van der Waals surface area contributed by atoms with E-state index >= 15 is 0 Å². The zero-order valence-corrected chi connectivity index (χ0v) is 13.0. The number of carbonyl (C=O) groups is 1. The Morgan fingerprint density at radius 3 is 2.32 bits per heavy atom. The molecule has 0 atom stereocenters. The van der Waals surface area contributed by atoms with Crippen LogP contribution in [0.2, 0.25) is 0 Å². The second kappa shape index (κ2) is 7.14. The third kappa shape index (κ3) is 3.80. The molecule has 3 rings (SSSR count). The van der Waals surface area contributed by atoms with Crippen LogP contribution in [0.3, 0.4) is 0 Å². The molecule has 1 aromatic carbocycles. The molecule has 1 aliphatic heterocycles. The van der Waals surface area contributed by atoms with E-state index in [1.807, 2.05) is 0 Å². The van der Waals surface area contributed by atoms with E-state index in [1.165, 1.54) is 11.3 Å². The largest absolute Gasteiger partial charge is 0.481 e. The number of aliphatic carboxylic acids is 1. The maximum atomic E-state index is 10.8. The highest BCUT2D eigenvalue weighted by Crippen LogP contribution is 2.37. The second-order valence-corrected chi connectivity index (χ2v) is 6.51. The molecule has 1 heterocycles. The normalized spacial score (nSPS) is 25.9. The van der Waals surface area contributed by atoms with E-state index in [9.17, 15) is 4.79 Å². The van der Waals surface area contributed by atoms with Crippen molar-refractivity contribution in [1.29, 1.82) is 0 Å². The minimum Gasteiger partial charge on any atom is -0.481 e. The highest BCUT2D eigenvalue weighted by Gasteiger charge is 2.24. The molecule has 2 fully saturated rings. The summed E-state index contributed by atoms with van der Waals surface area (Å²) in [4.78, 5) is 13.2. The van der Waals surface area contributed by atoms with E-state index in [0.717, 1.165) is 52.0 Å². The third-order valence-corrected chi connectivity index (χ3v) is 5.05. The first-order valence-electron chi connectivity index (χ1n) is 8.37. The van der Waals surface area contributed by atoms with Gasteiger partial charge in [0.25, 0.3) is 0 Å². The summed E-state index contributed by atoms with van der Waals surface area (Å²) in [5.74, 6) is 0.323. The average molecular weight is 303 g/mol. The minimum atomic E-state index is -0.654. The molecule has 1 saturated carbocycles. The van der Waals surface area contributed by atoms with Gasteiger partial charge in [-0.05, 0) is 55.2 Å². The van der Waals surface area contributed by atoms with E-state index in [0.29, 0.717) is 18.3 Å². The molecule has 0 amide bonds. The quantitative estimate of drug-likeness (QED) is 0.927. The van der Waals surface area contributed by atoms with Crippen molar-refractivity contribution in [2.75, 3.05) is 31.2 Å². The Kier molecular flexibility index (Phi) is 4.98. The van der Waals surface area contributed by atoms with Crippen LogP contribution in [0.15, 0.2) is 24.3 Å². The molecule has 2 aliphatic rings. The lowest BCUT2D eigenvalue weighted by Crippen LogP contribution is -2.36. The number of carboxylic acid groups (broad SMARTS) is 1. The monoisotopic (exact) mass is 303 g/mol. The van der Waals surface area contributed by atoms with Crippen molar-refractivity contribution < 1.29 is 14.6 Å². The molecule has 0 bridgehead atoms. The van der Waals surface area contributed by atoms with Gasteiger partial charge in [-0.25, -0.2) is 0 Å². The van der Waals surface area contributed by atoms with Crippen LogP contribution in [-0.4, -0.2) is 37.4 Å². The van der Waals surface area contributed by atoms with Crippen LogP contribution in [0.1, 0.15) is 43.6 Å². The topological polar surface area (TPSA) is 49.8 Å². The maximum absolute atomic E-state index is 10.8. The highest BCUT2D eigenvalue weighted by atomic mass is 16.5. The van der Waals surface area contributed by atoms with Gasteiger partial charge < -0.3 is 14.7 Å². The number of hydrogen-bond donors (Lipinski definition) is 1. The van der Waals surface area contributed by atoms with Crippen molar-refractivity contribution in [3.63, 3.8) is 0 Å². The Labute approximate surface area is 132 Å². The lowest BCUT2D eigenvalue weighted by atomic mass is 9.77. The van der Waals surface area contributed by atoms with E-state index in [4.69, 9.17) is 9.84 Å². The van der Waals surface area contributed by atoms with Crippen LogP contribution in [0.25, 0.3) is 0 Å². The van der Waals surface area contributed by atoms with Gasteiger partial charge in [0.1, 0.15) is 0 Å². The molecule has 1 saturated heterocycles. The Morgan fingerprint density at radius 1 is 1.09 bits per heavy atom. The van der Waals surface area contributed by atoms with E-state index in [1.54, 1.807) is 0 Å². The van der Waals surface area contributed by atoms with Gasteiger partial charge in [0.05, 0.1) is 13.2 Å². The average Bonchev–Trinajstić information content (AvgIpc) is 2.56. The number of benzene rings is 1. The van der Waals surface area contributed by atoms with Gasteiger partial charge in [-0.1, -0.05) is 12.1 Å². The van der Waals surface area contributed by atoms with Crippen LogP contribution < -0.4 is 4.90 Å². The van der Waals surface area contributed by atoms with Crippen LogP contribution in [0.5, 0.6) is 0 Å². The molecular weight excluding hydrogens is 278 g/mol. The van der Waals surface area contributed by atoms with Gasteiger partial charge >= 0.3 is 5.97 Å². The Bertz CT molecular complexity index is 486. The lowest BCUT2D eigenvalue weighted by molar-refractivity contribution is -0.138. The van der Waals surface area contributed by atoms with Crippen LogP contribution in [0, 0.1) is 5.92 Å². The van der Waals surface area contributed by atoms with Crippen molar-refractivity contribution in [2.24, 2.45) is 5.92 Å². The first kappa shape index (κ1) is 15.3. The number of anilines is 1. The predicted octanol–water partition coefficient (Wildman–Crippen LogP) is 3.27. The molecule has 0 radical (unpaired) electrons.